The lowest BCUT2D eigenvalue weighted by molar-refractivity contribution is -0.124. The lowest BCUT2D eigenvalue weighted by atomic mass is 9.97. The first-order valence-corrected chi connectivity index (χ1v) is 13.2. The van der Waals surface area contributed by atoms with Crippen LogP contribution in [0.4, 0.5) is 11.4 Å². The van der Waals surface area contributed by atoms with Gasteiger partial charge in [0.25, 0.3) is 5.91 Å². The van der Waals surface area contributed by atoms with Crippen LogP contribution in [0.15, 0.2) is 47.4 Å². The first kappa shape index (κ1) is 24.2. The maximum Gasteiger partial charge on any atom is 0.265 e. The van der Waals surface area contributed by atoms with Crippen LogP contribution < -0.4 is 15.0 Å². The number of para-hydroxylation sites is 1. The molecule has 0 radical (unpaired) electrons. The highest BCUT2D eigenvalue weighted by atomic mass is 32.2. The van der Waals surface area contributed by atoms with E-state index in [1.807, 2.05) is 44.2 Å². The molecule has 2 aromatic rings. The molecular formula is C25H31N3O5S. The smallest absolute Gasteiger partial charge is 0.265 e. The molecule has 34 heavy (non-hydrogen) atoms. The zero-order valence-electron chi connectivity index (χ0n) is 19.8. The van der Waals surface area contributed by atoms with Crippen molar-refractivity contribution in [2.24, 2.45) is 5.92 Å². The number of anilines is 2. The van der Waals surface area contributed by atoms with Gasteiger partial charge < -0.3 is 15.0 Å². The Balaban J connectivity index is 1.58. The summed E-state index contributed by atoms with van der Waals surface area (Å²) in [5.74, 6) is -0.364. The normalized spacial score (nSPS) is 20.7. The van der Waals surface area contributed by atoms with Gasteiger partial charge in [0.1, 0.15) is 5.75 Å². The highest BCUT2D eigenvalue weighted by Gasteiger charge is 2.37. The molecule has 2 aliphatic heterocycles. The Labute approximate surface area is 200 Å². The number of hydrogen-bond acceptors (Lipinski definition) is 5. The van der Waals surface area contributed by atoms with Gasteiger partial charge in [-0.1, -0.05) is 25.1 Å². The molecule has 2 atom stereocenters. The Bertz CT molecular complexity index is 1180. The summed E-state index contributed by atoms with van der Waals surface area (Å²) in [4.78, 5) is 27.3. The highest BCUT2D eigenvalue weighted by molar-refractivity contribution is 7.89. The van der Waals surface area contributed by atoms with E-state index in [1.54, 1.807) is 17.9 Å². The third-order valence-corrected chi connectivity index (χ3v) is 8.48. The number of rotatable bonds is 6. The van der Waals surface area contributed by atoms with Gasteiger partial charge in [-0.15, -0.1) is 0 Å². The number of aryl methyl sites for hydroxylation is 1. The number of hydrogen-bond donors (Lipinski definition) is 1. The number of nitrogens with one attached hydrogen (secondary N) is 1. The molecule has 4 rings (SSSR count). The van der Waals surface area contributed by atoms with E-state index in [0.29, 0.717) is 49.4 Å². The third kappa shape index (κ3) is 4.54. The van der Waals surface area contributed by atoms with Crippen LogP contribution in [0.3, 0.4) is 0 Å². The van der Waals surface area contributed by atoms with Gasteiger partial charge >= 0.3 is 0 Å². The van der Waals surface area contributed by atoms with Crippen LogP contribution in [-0.2, 0) is 19.6 Å². The quantitative estimate of drug-likeness (QED) is 0.675. The van der Waals surface area contributed by atoms with Crippen molar-refractivity contribution in [1.29, 1.82) is 0 Å². The fraction of sp³-hybridized carbons (Fsp3) is 0.440. The van der Waals surface area contributed by atoms with Gasteiger partial charge in [-0.2, -0.15) is 4.31 Å². The molecule has 0 aliphatic carbocycles. The average Bonchev–Trinajstić information content (AvgIpc) is 2.84. The summed E-state index contributed by atoms with van der Waals surface area (Å²) in [6.45, 7) is 6.46. The molecule has 0 unspecified atom stereocenters. The van der Waals surface area contributed by atoms with Gasteiger partial charge in [0.2, 0.25) is 15.9 Å². The van der Waals surface area contributed by atoms with Crippen molar-refractivity contribution in [3.8, 4) is 5.75 Å². The van der Waals surface area contributed by atoms with Crippen molar-refractivity contribution >= 4 is 33.2 Å². The number of ether oxygens (including phenoxy) is 1. The summed E-state index contributed by atoms with van der Waals surface area (Å²) < 4.78 is 34.5. The van der Waals surface area contributed by atoms with Gasteiger partial charge in [-0.3, -0.25) is 9.59 Å². The largest absolute Gasteiger partial charge is 0.478 e. The van der Waals surface area contributed by atoms with E-state index in [4.69, 9.17) is 4.74 Å². The second-order valence-electron chi connectivity index (χ2n) is 8.74. The first-order chi connectivity index (χ1) is 16.3. The molecule has 0 saturated carbocycles. The van der Waals surface area contributed by atoms with Crippen LogP contribution in [0.25, 0.3) is 0 Å². The van der Waals surface area contributed by atoms with Crippen molar-refractivity contribution in [2.45, 2.75) is 51.0 Å². The number of fused-ring (bicyclic) bond motifs is 1. The van der Waals surface area contributed by atoms with Gasteiger partial charge in [-0.25, -0.2) is 8.42 Å². The minimum Gasteiger partial charge on any atom is -0.478 e. The minimum absolute atomic E-state index is 0.0624. The van der Waals surface area contributed by atoms with Crippen LogP contribution in [0, 0.1) is 12.8 Å². The molecule has 1 N–H and O–H groups in total. The summed E-state index contributed by atoms with van der Waals surface area (Å²) in [6, 6.07) is 12.6. The van der Waals surface area contributed by atoms with Crippen LogP contribution in [0.5, 0.6) is 5.75 Å². The predicted molar refractivity (Wildman–Crippen MR) is 130 cm³/mol. The fourth-order valence-corrected chi connectivity index (χ4v) is 6.37. The summed E-state index contributed by atoms with van der Waals surface area (Å²) in [5.41, 5.74) is 1.80. The van der Waals surface area contributed by atoms with Gasteiger partial charge in [-0.05, 0) is 56.9 Å². The molecule has 0 aromatic heterocycles. The summed E-state index contributed by atoms with van der Waals surface area (Å²) >= 11 is 0. The van der Waals surface area contributed by atoms with E-state index < -0.39 is 22.0 Å². The molecule has 2 aliphatic rings. The summed E-state index contributed by atoms with van der Waals surface area (Å²) in [7, 11) is -3.86. The monoisotopic (exact) mass is 485 g/mol. The fourth-order valence-electron chi connectivity index (χ4n) is 4.63. The van der Waals surface area contributed by atoms with E-state index in [2.05, 4.69) is 5.32 Å². The van der Waals surface area contributed by atoms with Crippen molar-refractivity contribution < 1.29 is 22.7 Å². The standard InChI is InChI=1S/C25H31N3O5S/c1-4-21-24(29)26-20-14-17(3)23(15-22(20)33-21)34(31,32)27-13-9-10-18(16-27)25(30)28(5-2)19-11-7-6-8-12-19/h6-8,11-12,14-15,18,21H,4-5,9-10,13,16H2,1-3H3,(H,26,29)/t18-,21-/m1/s1. The van der Waals surface area contributed by atoms with E-state index in [1.165, 1.54) is 10.4 Å². The molecule has 2 heterocycles. The average molecular weight is 486 g/mol. The Kier molecular flexibility index (Phi) is 6.95. The molecule has 2 aromatic carbocycles. The number of benzene rings is 2. The van der Waals surface area contributed by atoms with Crippen LogP contribution in [-0.4, -0.2) is 50.3 Å². The first-order valence-electron chi connectivity index (χ1n) is 11.7. The zero-order chi connectivity index (χ0) is 24.5. The number of carbonyl (C=O) groups excluding carboxylic acids is 2. The van der Waals surface area contributed by atoms with E-state index >= 15 is 0 Å². The zero-order valence-corrected chi connectivity index (χ0v) is 20.6. The van der Waals surface area contributed by atoms with Crippen LogP contribution in [0.1, 0.15) is 38.7 Å². The number of sulfonamides is 1. The second kappa shape index (κ2) is 9.76. The van der Waals surface area contributed by atoms with Crippen molar-refractivity contribution in [3.05, 3.63) is 48.0 Å². The molecule has 8 nitrogen and oxygen atoms in total. The van der Waals surface area contributed by atoms with Crippen molar-refractivity contribution in [1.82, 2.24) is 4.31 Å². The number of carbonyl (C=O) groups is 2. The number of nitrogens with zero attached hydrogens (tertiary/aromatic N) is 2. The Morgan fingerprint density at radius 3 is 2.62 bits per heavy atom. The molecule has 2 amide bonds. The Morgan fingerprint density at radius 2 is 1.94 bits per heavy atom. The Morgan fingerprint density at radius 1 is 1.21 bits per heavy atom. The molecule has 0 spiro atoms. The maximum atomic E-state index is 13.6. The third-order valence-electron chi connectivity index (χ3n) is 6.47. The topological polar surface area (TPSA) is 96.0 Å². The predicted octanol–water partition coefficient (Wildman–Crippen LogP) is 3.56. The molecular weight excluding hydrogens is 454 g/mol. The van der Waals surface area contributed by atoms with E-state index in [9.17, 15) is 18.0 Å². The van der Waals surface area contributed by atoms with Gasteiger partial charge in [0.15, 0.2) is 6.10 Å². The molecule has 1 saturated heterocycles. The molecule has 9 heteroatoms. The van der Waals surface area contributed by atoms with Gasteiger partial charge in [0, 0.05) is 31.4 Å². The van der Waals surface area contributed by atoms with E-state index in [0.717, 1.165) is 5.69 Å². The molecule has 1 fully saturated rings. The summed E-state index contributed by atoms with van der Waals surface area (Å²) in [6.07, 6.45) is 1.08. The van der Waals surface area contributed by atoms with Crippen molar-refractivity contribution in [2.75, 3.05) is 29.9 Å². The second-order valence-corrected chi connectivity index (χ2v) is 10.6. The SMILES string of the molecule is CC[C@H]1Oc2cc(S(=O)(=O)N3CCC[C@@H](C(=O)N(CC)c4ccccc4)C3)c(C)cc2NC1=O. The van der Waals surface area contributed by atoms with Gasteiger partial charge in [0.05, 0.1) is 16.5 Å². The summed E-state index contributed by atoms with van der Waals surface area (Å²) in [5, 5.41) is 2.79. The van der Waals surface area contributed by atoms with E-state index in [-0.39, 0.29) is 23.3 Å². The Hall–Kier alpha value is -2.91. The highest BCUT2D eigenvalue weighted by Crippen LogP contribution is 2.37. The molecule has 182 valence electrons. The maximum absolute atomic E-state index is 13.6. The lowest BCUT2D eigenvalue weighted by Gasteiger charge is -2.34. The molecule has 0 bridgehead atoms. The minimum atomic E-state index is -3.86. The van der Waals surface area contributed by atoms with Crippen molar-refractivity contribution in [3.63, 3.8) is 0 Å². The van der Waals surface area contributed by atoms with Crippen LogP contribution >= 0.6 is 0 Å². The van der Waals surface area contributed by atoms with Crippen LogP contribution in [0.2, 0.25) is 0 Å². The number of piperidine rings is 1. The lowest BCUT2D eigenvalue weighted by Crippen LogP contribution is -2.47. The number of amides is 2.